The Balaban J connectivity index is 1.91. The van der Waals surface area contributed by atoms with Gasteiger partial charge in [-0.1, -0.05) is 29.3 Å². The van der Waals surface area contributed by atoms with E-state index in [0.717, 1.165) is 6.07 Å². The number of carbonyl (C=O) groups excluding carboxylic acids is 2. The summed E-state index contributed by atoms with van der Waals surface area (Å²) in [5.74, 6) is -1.52. The number of halogens is 3. The van der Waals surface area contributed by atoms with E-state index in [-0.39, 0.29) is 12.1 Å². The topological polar surface area (TPSA) is 58.2 Å². The highest BCUT2D eigenvalue weighted by molar-refractivity contribution is 6.35. The van der Waals surface area contributed by atoms with E-state index in [1.165, 1.54) is 36.4 Å². The molecular weight excluding hydrogens is 330 g/mol. The van der Waals surface area contributed by atoms with Gasteiger partial charge in [0.2, 0.25) is 5.91 Å². The summed E-state index contributed by atoms with van der Waals surface area (Å²) in [6.07, 6.45) is 0. The predicted octanol–water partition coefficient (Wildman–Crippen LogP) is 3.50. The lowest BCUT2D eigenvalue weighted by atomic mass is 10.2. The minimum atomic E-state index is -0.543. The molecule has 0 fully saturated rings. The molecule has 2 aromatic rings. The van der Waals surface area contributed by atoms with E-state index >= 15 is 0 Å². The molecule has 0 aliphatic carbocycles. The molecule has 0 atom stereocenters. The normalized spacial score (nSPS) is 10.1. The second kappa shape index (κ2) is 7.24. The van der Waals surface area contributed by atoms with Crippen LogP contribution in [0.5, 0.6) is 0 Å². The van der Waals surface area contributed by atoms with E-state index in [1.54, 1.807) is 0 Å². The third-order valence-corrected chi connectivity index (χ3v) is 3.08. The molecule has 2 amide bonds. The average Bonchev–Trinajstić information content (AvgIpc) is 2.43. The second-order valence-corrected chi connectivity index (χ2v) is 5.27. The van der Waals surface area contributed by atoms with E-state index in [2.05, 4.69) is 10.6 Å². The molecule has 0 spiro atoms. The van der Waals surface area contributed by atoms with Crippen LogP contribution >= 0.6 is 23.2 Å². The summed E-state index contributed by atoms with van der Waals surface area (Å²) < 4.78 is 13.0. The Morgan fingerprint density at radius 1 is 1.05 bits per heavy atom. The standard InChI is InChI=1S/C15H11Cl2FN2O2/c16-10-5-11(17)7-13(6-10)20-14(21)8-19-15(22)9-2-1-3-12(18)4-9/h1-7H,8H2,(H,19,22)(H,20,21). The summed E-state index contributed by atoms with van der Waals surface area (Å²) in [5, 5.41) is 5.70. The van der Waals surface area contributed by atoms with E-state index in [0.29, 0.717) is 15.7 Å². The average molecular weight is 341 g/mol. The molecule has 2 aromatic carbocycles. The molecule has 0 radical (unpaired) electrons. The van der Waals surface area contributed by atoms with Crippen molar-refractivity contribution >= 4 is 40.7 Å². The van der Waals surface area contributed by atoms with Gasteiger partial charge >= 0.3 is 0 Å². The SMILES string of the molecule is O=C(CNC(=O)c1cccc(F)c1)Nc1cc(Cl)cc(Cl)c1. The zero-order valence-corrected chi connectivity index (χ0v) is 12.7. The highest BCUT2D eigenvalue weighted by Gasteiger charge is 2.09. The van der Waals surface area contributed by atoms with E-state index in [1.807, 2.05) is 0 Å². The van der Waals surface area contributed by atoms with Crippen LogP contribution in [0.15, 0.2) is 42.5 Å². The fourth-order valence-electron chi connectivity index (χ4n) is 1.72. The van der Waals surface area contributed by atoms with Crippen molar-refractivity contribution < 1.29 is 14.0 Å². The van der Waals surface area contributed by atoms with Gasteiger partial charge in [-0.3, -0.25) is 9.59 Å². The molecule has 0 saturated carbocycles. The number of rotatable bonds is 4. The van der Waals surface area contributed by atoms with Crippen molar-refractivity contribution in [1.82, 2.24) is 5.32 Å². The summed E-state index contributed by atoms with van der Waals surface area (Å²) in [5.41, 5.74) is 0.557. The molecule has 2 rings (SSSR count). The summed E-state index contributed by atoms with van der Waals surface area (Å²) in [7, 11) is 0. The van der Waals surface area contributed by atoms with Gasteiger partial charge in [-0.2, -0.15) is 0 Å². The van der Waals surface area contributed by atoms with Crippen LogP contribution in [0.4, 0.5) is 10.1 Å². The lowest BCUT2D eigenvalue weighted by molar-refractivity contribution is -0.115. The van der Waals surface area contributed by atoms with Crippen LogP contribution in [0, 0.1) is 5.82 Å². The maximum absolute atomic E-state index is 13.0. The lowest BCUT2D eigenvalue weighted by Crippen LogP contribution is -2.32. The Bertz CT molecular complexity index is 702. The number of anilines is 1. The van der Waals surface area contributed by atoms with Gasteiger partial charge in [-0.05, 0) is 36.4 Å². The van der Waals surface area contributed by atoms with Crippen molar-refractivity contribution in [3.05, 3.63) is 63.9 Å². The number of nitrogens with one attached hydrogen (secondary N) is 2. The number of carbonyl (C=O) groups is 2. The van der Waals surface area contributed by atoms with Gasteiger partial charge in [-0.25, -0.2) is 4.39 Å². The Morgan fingerprint density at radius 2 is 1.73 bits per heavy atom. The smallest absolute Gasteiger partial charge is 0.251 e. The van der Waals surface area contributed by atoms with Gasteiger partial charge in [0.1, 0.15) is 5.82 Å². The van der Waals surface area contributed by atoms with Gasteiger partial charge in [0, 0.05) is 21.3 Å². The molecule has 0 aliphatic heterocycles. The zero-order chi connectivity index (χ0) is 16.1. The van der Waals surface area contributed by atoms with Crippen LogP contribution in [0.2, 0.25) is 10.0 Å². The quantitative estimate of drug-likeness (QED) is 0.894. The Kier molecular flexibility index (Phi) is 5.35. The Morgan fingerprint density at radius 3 is 2.36 bits per heavy atom. The van der Waals surface area contributed by atoms with E-state index in [4.69, 9.17) is 23.2 Å². The molecule has 114 valence electrons. The maximum Gasteiger partial charge on any atom is 0.251 e. The van der Waals surface area contributed by atoms with E-state index in [9.17, 15) is 14.0 Å². The first-order valence-corrected chi connectivity index (χ1v) is 6.99. The van der Waals surface area contributed by atoms with Crippen molar-refractivity contribution in [1.29, 1.82) is 0 Å². The van der Waals surface area contributed by atoms with Crippen molar-refractivity contribution in [2.45, 2.75) is 0 Å². The number of hydrogen-bond acceptors (Lipinski definition) is 2. The summed E-state index contributed by atoms with van der Waals surface area (Å²) in [6.45, 7) is -0.264. The van der Waals surface area contributed by atoms with Gasteiger partial charge in [0.15, 0.2) is 0 Å². The molecule has 0 aliphatic rings. The first-order chi connectivity index (χ1) is 10.4. The minimum Gasteiger partial charge on any atom is -0.343 e. The fraction of sp³-hybridized carbons (Fsp3) is 0.0667. The van der Waals surface area contributed by atoms with Crippen LogP contribution in [0.25, 0.3) is 0 Å². The maximum atomic E-state index is 13.0. The van der Waals surface area contributed by atoms with Crippen LogP contribution in [0.1, 0.15) is 10.4 Å². The lowest BCUT2D eigenvalue weighted by Gasteiger charge is -2.08. The van der Waals surface area contributed by atoms with Crippen molar-refractivity contribution in [2.75, 3.05) is 11.9 Å². The Labute approximate surface area is 136 Å². The van der Waals surface area contributed by atoms with Crippen LogP contribution < -0.4 is 10.6 Å². The molecule has 0 saturated heterocycles. The molecular formula is C15H11Cl2FN2O2. The largest absolute Gasteiger partial charge is 0.343 e. The molecule has 0 unspecified atom stereocenters. The van der Waals surface area contributed by atoms with Crippen LogP contribution in [0.3, 0.4) is 0 Å². The van der Waals surface area contributed by atoms with Crippen LogP contribution in [-0.4, -0.2) is 18.4 Å². The third-order valence-electron chi connectivity index (χ3n) is 2.64. The molecule has 22 heavy (non-hydrogen) atoms. The zero-order valence-electron chi connectivity index (χ0n) is 11.2. The highest BCUT2D eigenvalue weighted by Crippen LogP contribution is 2.22. The summed E-state index contributed by atoms with van der Waals surface area (Å²) >= 11 is 11.6. The number of benzene rings is 2. The van der Waals surface area contributed by atoms with Crippen molar-refractivity contribution in [3.8, 4) is 0 Å². The molecule has 0 aromatic heterocycles. The molecule has 0 heterocycles. The van der Waals surface area contributed by atoms with E-state index < -0.39 is 17.6 Å². The second-order valence-electron chi connectivity index (χ2n) is 4.40. The van der Waals surface area contributed by atoms with Crippen molar-refractivity contribution in [3.63, 3.8) is 0 Å². The molecule has 0 bridgehead atoms. The monoisotopic (exact) mass is 340 g/mol. The van der Waals surface area contributed by atoms with Gasteiger partial charge in [0.25, 0.3) is 5.91 Å². The first-order valence-electron chi connectivity index (χ1n) is 6.24. The minimum absolute atomic E-state index is 0.138. The van der Waals surface area contributed by atoms with Gasteiger partial charge < -0.3 is 10.6 Å². The molecule has 2 N–H and O–H groups in total. The fourth-order valence-corrected chi connectivity index (χ4v) is 2.25. The summed E-state index contributed by atoms with van der Waals surface area (Å²) in [6, 6.07) is 9.77. The number of amides is 2. The van der Waals surface area contributed by atoms with Gasteiger partial charge in [-0.15, -0.1) is 0 Å². The summed E-state index contributed by atoms with van der Waals surface area (Å²) in [4.78, 5) is 23.5. The predicted molar refractivity (Wildman–Crippen MR) is 83.8 cm³/mol. The highest BCUT2D eigenvalue weighted by atomic mass is 35.5. The number of hydrogen-bond donors (Lipinski definition) is 2. The third kappa shape index (κ3) is 4.72. The van der Waals surface area contributed by atoms with Crippen LogP contribution in [-0.2, 0) is 4.79 Å². The first kappa shape index (κ1) is 16.3. The molecule has 7 heteroatoms. The van der Waals surface area contributed by atoms with Gasteiger partial charge in [0.05, 0.1) is 6.54 Å². The Hall–Kier alpha value is -2.11. The van der Waals surface area contributed by atoms with Crippen molar-refractivity contribution in [2.24, 2.45) is 0 Å². The molecule has 4 nitrogen and oxygen atoms in total.